The number of carbonyl (C=O) groups is 1. The molecule has 1 N–H and O–H groups in total. The van der Waals surface area contributed by atoms with Crippen LogP contribution in [0.4, 0.5) is 0 Å². The van der Waals surface area contributed by atoms with Gasteiger partial charge in [0.25, 0.3) is 0 Å². The second kappa shape index (κ2) is 8.34. The molecule has 0 unspecified atom stereocenters. The van der Waals surface area contributed by atoms with Crippen LogP contribution in [0.5, 0.6) is 0 Å². The Kier molecular flexibility index (Phi) is 6.45. The fourth-order valence-corrected chi connectivity index (χ4v) is 2.45. The number of nitrogens with zero attached hydrogens (tertiary/aromatic N) is 3. The van der Waals surface area contributed by atoms with E-state index in [0.717, 1.165) is 17.8 Å². The molecule has 2 aromatic rings. The smallest absolute Gasteiger partial charge is 0.227 e. The summed E-state index contributed by atoms with van der Waals surface area (Å²) >= 11 is 11.9. The maximum absolute atomic E-state index is 12.6. The molecule has 124 valence electrons. The molecule has 0 fully saturated rings. The molecule has 2 rings (SSSR count). The predicted octanol–water partition coefficient (Wildman–Crippen LogP) is 2.85. The summed E-state index contributed by atoms with van der Waals surface area (Å²) < 4.78 is 0. The standard InChI is InChI=1S/C16H20Cl2N4O/c1-21(2)5-6-22(10-13-9-19-11-20-13)16(23)8-12-3-4-14(17)15(18)7-12/h3-4,7,9,11H,5-6,8,10H2,1-2H3,(H,19,20). The first-order valence-corrected chi connectivity index (χ1v) is 8.05. The summed E-state index contributed by atoms with van der Waals surface area (Å²) in [7, 11) is 3.97. The number of benzene rings is 1. The van der Waals surface area contributed by atoms with E-state index in [-0.39, 0.29) is 5.91 Å². The zero-order valence-electron chi connectivity index (χ0n) is 13.2. The number of hydrogen-bond acceptors (Lipinski definition) is 3. The second-order valence-corrected chi connectivity index (χ2v) is 6.44. The lowest BCUT2D eigenvalue weighted by molar-refractivity contribution is -0.131. The van der Waals surface area contributed by atoms with E-state index in [0.29, 0.717) is 29.6 Å². The Balaban J connectivity index is 2.06. The Labute approximate surface area is 146 Å². The summed E-state index contributed by atoms with van der Waals surface area (Å²) in [6.07, 6.45) is 3.64. The third-order valence-electron chi connectivity index (χ3n) is 3.43. The molecule has 0 aliphatic heterocycles. The van der Waals surface area contributed by atoms with Crippen molar-refractivity contribution >= 4 is 29.1 Å². The molecular weight excluding hydrogens is 335 g/mol. The molecule has 1 amide bonds. The van der Waals surface area contributed by atoms with Gasteiger partial charge in [-0.25, -0.2) is 4.98 Å². The number of hydrogen-bond donors (Lipinski definition) is 1. The van der Waals surface area contributed by atoms with Crippen molar-refractivity contribution in [2.75, 3.05) is 27.2 Å². The van der Waals surface area contributed by atoms with Gasteiger partial charge in [0, 0.05) is 19.3 Å². The largest absolute Gasteiger partial charge is 0.347 e. The van der Waals surface area contributed by atoms with Gasteiger partial charge in [0.15, 0.2) is 0 Å². The third-order valence-corrected chi connectivity index (χ3v) is 4.16. The highest BCUT2D eigenvalue weighted by molar-refractivity contribution is 6.42. The molecule has 0 spiro atoms. The topological polar surface area (TPSA) is 52.2 Å². The summed E-state index contributed by atoms with van der Waals surface area (Å²) in [6, 6.07) is 5.28. The zero-order valence-corrected chi connectivity index (χ0v) is 14.7. The summed E-state index contributed by atoms with van der Waals surface area (Å²) in [6.45, 7) is 1.95. The Morgan fingerprint density at radius 2 is 2.00 bits per heavy atom. The van der Waals surface area contributed by atoms with E-state index in [2.05, 4.69) is 9.97 Å². The number of aromatic nitrogens is 2. The Hall–Kier alpha value is -1.56. The van der Waals surface area contributed by atoms with Crippen molar-refractivity contribution in [2.24, 2.45) is 0 Å². The maximum atomic E-state index is 12.6. The molecule has 1 heterocycles. The zero-order chi connectivity index (χ0) is 16.8. The third kappa shape index (κ3) is 5.53. The summed E-state index contributed by atoms with van der Waals surface area (Å²) in [5, 5.41) is 0.954. The van der Waals surface area contributed by atoms with Crippen molar-refractivity contribution in [1.29, 1.82) is 0 Å². The molecule has 7 heteroatoms. The molecule has 1 aromatic carbocycles. The Morgan fingerprint density at radius 1 is 1.22 bits per heavy atom. The average Bonchev–Trinajstić information content (AvgIpc) is 3.00. The van der Waals surface area contributed by atoms with E-state index in [1.54, 1.807) is 24.7 Å². The number of likely N-dealkylation sites (N-methyl/N-ethyl adjacent to an activating group) is 1. The number of halogens is 2. The Bertz CT molecular complexity index is 644. The van der Waals surface area contributed by atoms with Gasteiger partial charge in [-0.2, -0.15) is 0 Å². The van der Waals surface area contributed by atoms with E-state index in [1.165, 1.54) is 0 Å². The first-order valence-electron chi connectivity index (χ1n) is 7.29. The molecule has 0 saturated carbocycles. The van der Waals surface area contributed by atoms with Gasteiger partial charge in [-0.05, 0) is 31.8 Å². The minimum Gasteiger partial charge on any atom is -0.347 e. The van der Waals surface area contributed by atoms with E-state index in [1.807, 2.05) is 30.0 Å². The molecule has 0 radical (unpaired) electrons. The van der Waals surface area contributed by atoms with Crippen LogP contribution in [0, 0.1) is 0 Å². The van der Waals surface area contributed by atoms with Crippen LogP contribution in [-0.2, 0) is 17.8 Å². The van der Waals surface area contributed by atoms with Crippen LogP contribution in [-0.4, -0.2) is 52.9 Å². The van der Waals surface area contributed by atoms with Gasteiger partial charge in [0.05, 0.1) is 35.0 Å². The van der Waals surface area contributed by atoms with Crippen molar-refractivity contribution in [1.82, 2.24) is 19.8 Å². The van der Waals surface area contributed by atoms with Gasteiger partial charge in [-0.15, -0.1) is 0 Å². The van der Waals surface area contributed by atoms with Gasteiger partial charge in [0.2, 0.25) is 5.91 Å². The van der Waals surface area contributed by atoms with Gasteiger partial charge < -0.3 is 14.8 Å². The first kappa shape index (κ1) is 17.8. The summed E-state index contributed by atoms with van der Waals surface area (Å²) in [4.78, 5) is 23.5. The van der Waals surface area contributed by atoms with Gasteiger partial charge >= 0.3 is 0 Å². The lowest BCUT2D eigenvalue weighted by Crippen LogP contribution is -2.37. The van der Waals surface area contributed by atoms with Crippen LogP contribution in [0.3, 0.4) is 0 Å². The van der Waals surface area contributed by atoms with Crippen molar-refractivity contribution in [3.05, 3.63) is 52.0 Å². The number of H-pyrrole nitrogens is 1. The van der Waals surface area contributed by atoms with E-state index in [4.69, 9.17) is 23.2 Å². The molecule has 0 aliphatic carbocycles. The number of aromatic amines is 1. The van der Waals surface area contributed by atoms with Gasteiger partial charge in [-0.1, -0.05) is 29.3 Å². The average molecular weight is 355 g/mol. The fraction of sp³-hybridized carbons (Fsp3) is 0.375. The maximum Gasteiger partial charge on any atom is 0.227 e. The molecule has 5 nitrogen and oxygen atoms in total. The molecule has 0 aliphatic rings. The van der Waals surface area contributed by atoms with Crippen LogP contribution >= 0.6 is 23.2 Å². The lowest BCUT2D eigenvalue weighted by Gasteiger charge is -2.24. The fourth-order valence-electron chi connectivity index (χ4n) is 2.13. The number of nitrogens with one attached hydrogen (secondary N) is 1. The van der Waals surface area contributed by atoms with Crippen molar-refractivity contribution in [3.63, 3.8) is 0 Å². The number of carbonyl (C=O) groups excluding carboxylic acids is 1. The van der Waals surface area contributed by atoms with Crippen molar-refractivity contribution in [3.8, 4) is 0 Å². The number of amides is 1. The molecule has 0 saturated heterocycles. The van der Waals surface area contributed by atoms with Crippen molar-refractivity contribution < 1.29 is 4.79 Å². The van der Waals surface area contributed by atoms with Crippen LogP contribution < -0.4 is 0 Å². The molecule has 0 atom stereocenters. The first-order chi connectivity index (χ1) is 11.0. The lowest BCUT2D eigenvalue weighted by atomic mass is 10.1. The minimum atomic E-state index is 0.0415. The van der Waals surface area contributed by atoms with Gasteiger partial charge in [0.1, 0.15) is 0 Å². The highest BCUT2D eigenvalue weighted by Gasteiger charge is 2.16. The van der Waals surface area contributed by atoms with Gasteiger partial charge in [-0.3, -0.25) is 4.79 Å². The van der Waals surface area contributed by atoms with Crippen molar-refractivity contribution in [2.45, 2.75) is 13.0 Å². The van der Waals surface area contributed by atoms with Crippen LogP contribution in [0.2, 0.25) is 10.0 Å². The minimum absolute atomic E-state index is 0.0415. The van der Waals surface area contributed by atoms with Crippen LogP contribution in [0.15, 0.2) is 30.7 Å². The number of rotatable bonds is 7. The van der Waals surface area contributed by atoms with E-state index >= 15 is 0 Å². The quantitative estimate of drug-likeness (QED) is 0.831. The molecule has 0 bridgehead atoms. The SMILES string of the molecule is CN(C)CCN(Cc1cnc[nH]1)C(=O)Cc1ccc(Cl)c(Cl)c1. The molecule has 23 heavy (non-hydrogen) atoms. The van der Waals surface area contributed by atoms with Crippen LogP contribution in [0.25, 0.3) is 0 Å². The van der Waals surface area contributed by atoms with E-state index in [9.17, 15) is 4.79 Å². The van der Waals surface area contributed by atoms with Crippen LogP contribution in [0.1, 0.15) is 11.3 Å². The summed E-state index contributed by atoms with van der Waals surface area (Å²) in [5.74, 6) is 0.0415. The molecule has 1 aromatic heterocycles. The van der Waals surface area contributed by atoms with E-state index < -0.39 is 0 Å². The summed E-state index contributed by atoms with van der Waals surface area (Å²) in [5.41, 5.74) is 1.76. The second-order valence-electron chi connectivity index (χ2n) is 5.62. The number of imidazole rings is 1. The highest BCUT2D eigenvalue weighted by Crippen LogP contribution is 2.23. The normalized spacial score (nSPS) is 11.0. The predicted molar refractivity (Wildman–Crippen MR) is 92.7 cm³/mol. The Morgan fingerprint density at radius 3 is 2.61 bits per heavy atom. The highest BCUT2D eigenvalue weighted by atomic mass is 35.5. The molecular formula is C16H20Cl2N4O. The monoisotopic (exact) mass is 354 g/mol.